The van der Waals surface area contributed by atoms with Gasteiger partial charge in [-0.1, -0.05) is 29.3 Å². The van der Waals surface area contributed by atoms with Crippen molar-refractivity contribution in [3.63, 3.8) is 0 Å². The lowest BCUT2D eigenvalue weighted by Crippen LogP contribution is -2.62. The molecule has 2 aliphatic rings. The molecule has 2 amide bonds. The Hall–Kier alpha value is -2.75. The fourth-order valence-electron chi connectivity index (χ4n) is 5.13. The van der Waals surface area contributed by atoms with Crippen molar-refractivity contribution in [2.75, 3.05) is 33.2 Å². The lowest BCUT2D eigenvalue weighted by atomic mass is 9.72. The lowest BCUT2D eigenvalue weighted by molar-refractivity contribution is -0.135. The summed E-state index contributed by atoms with van der Waals surface area (Å²) in [6.45, 7) is 1.19. The molecule has 3 heterocycles. The number of aromatic nitrogens is 1. The van der Waals surface area contributed by atoms with Crippen molar-refractivity contribution < 1.29 is 23.9 Å². The summed E-state index contributed by atoms with van der Waals surface area (Å²) in [7, 11) is 1.41. The monoisotopic (exact) mass is 522 g/mol. The number of nitrogens with zero attached hydrogens (tertiary/aromatic N) is 3. The molecule has 35 heavy (non-hydrogen) atoms. The Kier molecular flexibility index (Phi) is 7.30. The van der Waals surface area contributed by atoms with Crippen LogP contribution in [-0.2, 0) is 4.79 Å². The Balaban J connectivity index is 1.57. The summed E-state index contributed by atoms with van der Waals surface area (Å²) in [6.07, 6.45) is 0.553. The summed E-state index contributed by atoms with van der Waals surface area (Å²) < 4.78 is 13.1. The van der Waals surface area contributed by atoms with Gasteiger partial charge in [-0.3, -0.25) is 14.5 Å². The molecule has 2 saturated heterocycles. The van der Waals surface area contributed by atoms with E-state index in [1.54, 1.807) is 23.1 Å². The number of carboxylic acid groups (broad SMARTS) is 1. The SMILES string of the molecule is CN(C(=O)O)[C@]1(C(=O)C2CCN(C(=O)c3ccc(F)cn3)CC2)CNC[C@H]1c1ccc(Cl)c(Cl)c1. The third kappa shape index (κ3) is 4.72. The molecule has 1 aromatic carbocycles. The zero-order valence-electron chi connectivity index (χ0n) is 19.0. The van der Waals surface area contributed by atoms with Crippen LogP contribution in [-0.4, -0.2) is 76.4 Å². The second-order valence-electron chi connectivity index (χ2n) is 8.92. The number of carbonyl (C=O) groups excluding carboxylic acids is 2. The van der Waals surface area contributed by atoms with E-state index < -0.39 is 29.3 Å². The number of likely N-dealkylation sites (N-methyl/N-ethyl adjacent to an activating group) is 1. The molecule has 186 valence electrons. The topological polar surface area (TPSA) is 103 Å². The first kappa shape index (κ1) is 25.3. The quantitative estimate of drug-likeness (QED) is 0.620. The van der Waals surface area contributed by atoms with E-state index in [2.05, 4.69) is 10.3 Å². The number of Topliss-reactive ketones (excluding diaryl/α,β-unsaturated/α-hetero) is 1. The van der Waals surface area contributed by atoms with Crippen LogP contribution in [0.25, 0.3) is 0 Å². The van der Waals surface area contributed by atoms with E-state index in [0.717, 1.165) is 16.7 Å². The molecular formula is C24H25Cl2FN4O4. The van der Waals surface area contributed by atoms with Gasteiger partial charge >= 0.3 is 6.09 Å². The molecule has 1 aromatic heterocycles. The maximum absolute atomic E-state index is 14.0. The van der Waals surface area contributed by atoms with E-state index in [4.69, 9.17) is 23.2 Å². The smallest absolute Gasteiger partial charge is 0.407 e. The molecule has 11 heteroatoms. The molecular weight excluding hydrogens is 498 g/mol. The highest BCUT2D eigenvalue weighted by atomic mass is 35.5. The maximum Gasteiger partial charge on any atom is 0.407 e. The average Bonchev–Trinajstić information content (AvgIpc) is 3.31. The predicted octanol–water partition coefficient (Wildman–Crippen LogP) is 3.68. The Morgan fingerprint density at radius 3 is 2.49 bits per heavy atom. The van der Waals surface area contributed by atoms with Gasteiger partial charge in [-0.15, -0.1) is 0 Å². The molecule has 2 atom stereocenters. The Morgan fingerprint density at radius 2 is 1.89 bits per heavy atom. The van der Waals surface area contributed by atoms with E-state index in [1.165, 1.54) is 19.2 Å². The first-order valence-corrected chi connectivity index (χ1v) is 12.0. The summed E-state index contributed by atoms with van der Waals surface area (Å²) in [5.74, 6) is -1.94. The Bertz CT molecular complexity index is 1140. The largest absolute Gasteiger partial charge is 0.465 e. The molecule has 0 spiro atoms. The summed E-state index contributed by atoms with van der Waals surface area (Å²) in [6, 6.07) is 7.59. The van der Waals surface area contributed by atoms with Gasteiger partial charge in [-0.05, 0) is 42.7 Å². The van der Waals surface area contributed by atoms with Crippen molar-refractivity contribution in [1.29, 1.82) is 0 Å². The number of benzene rings is 1. The molecule has 2 aromatic rings. The zero-order chi connectivity index (χ0) is 25.3. The number of rotatable bonds is 5. The molecule has 0 saturated carbocycles. The van der Waals surface area contributed by atoms with Crippen LogP contribution in [0.3, 0.4) is 0 Å². The van der Waals surface area contributed by atoms with Gasteiger partial charge in [0.15, 0.2) is 5.78 Å². The highest BCUT2D eigenvalue weighted by Gasteiger charge is 2.56. The minimum atomic E-state index is -1.33. The summed E-state index contributed by atoms with van der Waals surface area (Å²) in [5, 5.41) is 13.8. The van der Waals surface area contributed by atoms with Gasteiger partial charge in [0.1, 0.15) is 17.1 Å². The highest BCUT2D eigenvalue weighted by molar-refractivity contribution is 6.42. The normalized spacial score (nSPS) is 22.7. The van der Waals surface area contributed by atoms with Crippen molar-refractivity contribution in [1.82, 2.24) is 20.1 Å². The second kappa shape index (κ2) is 10.1. The van der Waals surface area contributed by atoms with Crippen LogP contribution < -0.4 is 5.32 Å². The molecule has 8 nitrogen and oxygen atoms in total. The summed E-state index contributed by atoms with van der Waals surface area (Å²) in [4.78, 5) is 45.4. The van der Waals surface area contributed by atoms with E-state index in [1.807, 2.05) is 0 Å². The van der Waals surface area contributed by atoms with E-state index >= 15 is 0 Å². The Labute approximate surface area is 212 Å². The number of hydrogen-bond donors (Lipinski definition) is 2. The number of amides is 2. The first-order valence-electron chi connectivity index (χ1n) is 11.2. The van der Waals surface area contributed by atoms with Gasteiger partial charge in [-0.2, -0.15) is 0 Å². The standard InChI is InChI=1S/C24H25Cl2FN4O4/c1-30(23(34)35)24(13-28-12-17(24)15-2-4-18(25)19(26)10-15)21(32)14-6-8-31(9-7-14)22(33)20-5-3-16(27)11-29-20/h2-5,10-11,14,17,28H,6-9,12-13H2,1H3,(H,34,35)/t17-,24+/m0/s1. The minimum absolute atomic E-state index is 0.137. The Morgan fingerprint density at radius 1 is 1.17 bits per heavy atom. The van der Waals surface area contributed by atoms with Crippen molar-refractivity contribution in [2.24, 2.45) is 5.92 Å². The van der Waals surface area contributed by atoms with Crippen LogP contribution in [0.1, 0.15) is 34.8 Å². The van der Waals surface area contributed by atoms with Crippen LogP contribution in [0.4, 0.5) is 9.18 Å². The maximum atomic E-state index is 14.0. The van der Waals surface area contributed by atoms with Crippen molar-refractivity contribution in [3.05, 3.63) is 63.6 Å². The van der Waals surface area contributed by atoms with Gasteiger partial charge < -0.3 is 15.3 Å². The average molecular weight is 523 g/mol. The van der Waals surface area contributed by atoms with Gasteiger partial charge in [0.05, 0.1) is 16.2 Å². The summed E-state index contributed by atoms with van der Waals surface area (Å²) >= 11 is 12.3. The molecule has 2 fully saturated rings. The van der Waals surface area contributed by atoms with E-state index in [9.17, 15) is 23.9 Å². The molecule has 0 aliphatic carbocycles. The minimum Gasteiger partial charge on any atom is -0.465 e. The van der Waals surface area contributed by atoms with Gasteiger partial charge in [0.25, 0.3) is 5.91 Å². The number of piperidine rings is 1. The number of likely N-dealkylation sites (tertiary alicyclic amines) is 1. The van der Waals surface area contributed by atoms with Gasteiger partial charge in [0, 0.05) is 45.1 Å². The van der Waals surface area contributed by atoms with E-state index in [0.29, 0.717) is 42.5 Å². The van der Waals surface area contributed by atoms with Gasteiger partial charge in [-0.25, -0.2) is 14.2 Å². The summed E-state index contributed by atoms with van der Waals surface area (Å²) in [5.41, 5.74) is -0.475. The molecule has 4 rings (SSSR count). The number of halogens is 3. The molecule has 2 N–H and O–H groups in total. The fourth-order valence-corrected chi connectivity index (χ4v) is 5.44. The number of ketones is 1. The molecule has 0 bridgehead atoms. The van der Waals surface area contributed by atoms with Crippen LogP contribution >= 0.6 is 23.2 Å². The van der Waals surface area contributed by atoms with Crippen molar-refractivity contribution in [3.8, 4) is 0 Å². The molecule has 2 aliphatic heterocycles. The second-order valence-corrected chi connectivity index (χ2v) is 9.73. The third-order valence-electron chi connectivity index (χ3n) is 7.08. The van der Waals surface area contributed by atoms with E-state index in [-0.39, 0.29) is 23.9 Å². The van der Waals surface area contributed by atoms with Crippen LogP contribution in [0, 0.1) is 11.7 Å². The number of hydrogen-bond acceptors (Lipinski definition) is 5. The van der Waals surface area contributed by atoms with Crippen molar-refractivity contribution >= 4 is 41.0 Å². The highest BCUT2D eigenvalue weighted by Crippen LogP contribution is 2.42. The lowest BCUT2D eigenvalue weighted by Gasteiger charge is -2.43. The molecule has 0 radical (unpaired) electrons. The first-order chi connectivity index (χ1) is 16.6. The van der Waals surface area contributed by atoms with Crippen LogP contribution in [0.2, 0.25) is 10.0 Å². The van der Waals surface area contributed by atoms with Crippen LogP contribution in [0.15, 0.2) is 36.5 Å². The number of carbonyl (C=O) groups is 3. The number of nitrogens with one attached hydrogen (secondary N) is 1. The molecule has 0 unspecified atom stereocenters. The fraction of sp³-hybridized carbons (Fsp3) is 0.417. The number of pyridine rings is 1. The van der Waals surface area contributed by atoms with Crippen molar-refractivity contribution in [2.45, 2.75) is 24.3 Å². The van der Waals surface area contributed by atoms with Crippen LogP contribution in [0.5, 0.6) is 0 Å². The van der Waals surface area contributed by atoms with Gasteiger partial charge in [0.2, 0.25) is 0 Å². The zero-order valence-corrected chi connectivity index (χ0v) is 20.5. The third-order valence-corrected chi connectivity index (χ3v) is 7.82. The predicted molar refractivity (Wildman–Crippen MR) is 128 cm³/mol.